The third-order valence-corrected chi connectivity index (χ3v) is 5.00. The fraction of sp³-hybridized carbons (Fsp3) is 0.647. The maximum absolute atomic E-state index is 5.25. The van der Waals surface area contributed by atoms with Crippen molar-refractivity contribution in [1.29, 1.82) is 0 Å². The van der Waals surface area contributed by atoms with Crippen molar-refractivity contribution in [2.24, 2.45) is 0 Å². The normalized spacial score (nSPS) is 28.7. The Balaban J connectivity index is 1.72. The van der Waals surface area contributed by atoms with E-state index in [2.05, 4.69) is 41.4 Å². The van der Waals surface area contributed by atoms with Crippen molar-refractivity contribution in [3.05, 3.63) is 29.8 Å². The molecule has 3 atom stereocenters. The summed E-state index contributed by atoms with van der Waals surface area (Å²) in [6, 6.07) is 10.5. The van der Waals surface area contributed by atoms with E-state index in [9.17, 15) is 0 Å². The maximum atomic E-state index is 5.25. The van der Waals surface area contributed by atoms with Crippen LogP contribution in [0.2, 0.25) is 0 Å². The van der Waals surface area contributed by atoms with Crippen LogP contribution in [0, 0.1) is 0 Å². The van der Waals surface area contributed by atoms with Crippen molar-refractivity contribution in [2.45, 2.75) is 50.7 Å². The second kappa shape index (κ2) is 6.15. The Kier molecular flexibility index (Phi) is 4.27. The van der Waals surface area contributed by atoms with Crippen LogP contribution in [0.5, 0.6) is 5.75 Å². The predicted molar refractivity (Wildman–Crippen MR) is 82.2 cm³/mol. The van der Waals surface area contributed by atoms with Crippen molar-refractivity contribution in [1.82, 2.24) is 10.2 Å². The zero-order chi connectivity index (χ0) is 13.9. The molecule has 2 aliphatic heterocycles. The summed E-state index contributed by atoms with van der Waals surface area (Å²) in [5.74, 6) is 0.941. The van der Waals surface area contributed by atoms with E-state index in [0.29, 0.717) is 12.1 Å². The topological polar surface area (TPSA) is 24.5 Å². The van der Waals surface area contributed by atoms with E-state index in [0.717, 1.165) is 11.8 Å². The lowest BCUT2D eigenvalue weighted by molar-refractivity contribution is 0.163. The molecule has 0 amide bonds. The molecule has 3 nitrogen and oxygen atoms in total. The summed E-state index contributed by atoms with van der Waals surface area (Å²) >= 11 is 0. The summed E-state index contributed by atoms with van der Waals surface area (Å²) in [4.78, 5) is 2.70. The summed E-state index contributed by atoms with van der Waals surface area (Å²) in [7, 11) is 1.72. The fourth-order valence-corrected chi connectivity index (χ4v) is 3.84. The zero-order valence-electron chi connectivity index (χ0n) is 12.6. The largest absolute Gasteiger partial charge is 0.497 e. The van der Waals surface area contributed by atoms with Crippen LogP contribution >= 0.6 is 0 Å². The molecule has 0 aliphatic carbocycles. The van der Waals surface area contributed by atoms with Gasteiger partial charge in [0.05, 0.1) is 7.11 Å². The van der Waals surface area contributed by atoms with Crippen LogP contribution in [0.25, 0.3) is 0 Å². The van der Waals surface area contributed by atoms with E-state index < -0.39 is 0 Å². The molecular weight excluding hydrogens is 248 g/mol. The standard InChI is InChI=1S/C17H26N2O/c1-13(14-7-9-15(20-2)10-8-14)19-12-4-6-17(19)16-5-3-11-18-16/h7-10,13,16-18H,3-6,11-12H2,1-2H3. The van der Waals surface area contributed by atoms with Crippen LogP contribution in [-0.4, -0.2) is 37.2 Å². The summed E-state index contributed by atoms with van der Waals surface area (Å²) < 4.78 is 5.25. The van der Waals surface area contributed by atoms with Gasteiger partial charge in [0.25, 0.3) is 0 Å². The second-order valence-electron chi connectivity index (χ2n) is 6.10. The molecule has 110 valence electrons. The Morgan fingerprint density at radius 2 is 2.00 bits per heavy atom. The van der Waals surface area contributed by atoms with E-state index in [1.165, 1.54) is 44.3 Å². The first kappa shape index (κ1) is 13.9. The highest BCUT2D eigenvalue weighted by molar-refractivity contribution is 5.29. The Bertz CT molecular complexity index is 425. The Hall–Kier alpha value is -1.06. The van der Waals surface area contributed by atoms with Crippen LogP contribution in [0.15, 0.2) is 24.3 Å². The lowest BCUT2D eigenvalue weighted by atomic mass is 10.0. The van der Waals surface area contributed by atoms with E-state index in [-0.39, 0.29) is 0 Å². The second-order valence-corrected chi connectivity index (χ2v) is 6.10. The number of likely N-dealkylation sites (tertiary alicyclic amines) is 1. The van der Waals surface area contributed by atoms with Gasteiger partial charge < -0.3 is 10.1 Å². The van der Waals surface area contributed by atoms with Crippen LogP contribution in [0.4, 0.5) is 0 Å². The van der Waals surface area contributed by atoms with Gasteiger partial charge in [0, 0.05) is 18.1 Å². The Morgan fingerprint density at radius 1 is 1.20 bits per heavy atom. The molecule has 0 spiro atoms. The molecular formula is C17H26N2O. The highest BCUT2D eigenvalue weighted by atomic mass is 16.5. The first-order valence-corrected chi connectivity index (χ1v) is 7.92. The van der Waals surface area contributed by atoms with Crippen molar-refractivity contribution in [2.75, 3.05) is 20.2 Å². The zero-order valence-corrected chi connectivity index (χ0v) is 12.6. The fourth-order valence-electron chi connectivity index (χ4n) is 3.84. The van der Waals surface area contributed by atoms with Gasteiger partial charge in [-0.05, 0) is 63.4 Å². The molecule has 2 saturated heterocycles. The van der Waals surface area contributed by atoms with Gasteiger partial charge in [-0.25, -0.2) is 0 Å². The van der Waals surface area contributed by atoms with Crippen molar-refractivity contribution >= 4 is 0 Å². The minimum Gasteiger partial charge on any atom is -0.497 e. The summed E-state index contributed by atoms with van der Waals surface area (Å²) in [6.45, 7) is 4.77. The quantitative estimate of drug-likeness (QED) is 0.913. The van der Waals surface area contributed by atoms with E-state index in [4.69, 9.17) is 4.74 Å². The number of benzene rings is 1. The molecule has 1 aromatic rings. The van der Waals surface area contributed by atoms with Gasteiger partial charge in [-0.15, -0.1) is 0 Å². The smallest absolute Gasteiger partial charge is 0.118 e. The maximum Gasteiger partial charge on any atom is 0.118 e. The van der Waals surface area contributed by atoms with Crippen LogP contribution in [0.3, 0.4) is 0 Å². The molecule has 20 heavy (non-hydrogen) atoms. The molecule has 1 N–H and O–H groups in total. The average Bonchev–Trinajstić information content (AvgIpc) is 3.16. The summed E-state index contributed by atoms with van der Waals surface area (Å²) in [6.07, 6.45) is 5.37. The van der Waals surface area contributed by atoms with Crippen molar-refractivity contribution in [3.8, 4) is 5.75 Å². The number of hydrogen-bond donors (Lipinski definition) is 1. The number of nitrogens with zero attached hydrogens (tertiary/aromatic N) is 1. The molecule has 3 rings (SSSR count). The molecule has 0 radical (unpaired) electrons. The van der Waals surface area contributed by atoms with Crippen LogP contribution in [-0.2, 0) is 0 Å². The minimum absolute atomic E-state index is 0.496. The molecule has 2 aliphatic rings. The monoisotopic (exact) mass is 274 g/mol. The predicted octanol–water partition coefficient (Wildman–Crippen LogP) is 2.97. The third-order valence-electron chi connectivity index (χ3n) is 5.00. The molecule has 1 aromatic carbocycles. The Labute approximate surface area is 122 Å². The SMILES string of the molecule is COc1ccc(C(C)N2CCCC2C2CCCN2)cc1. The van der Waals surface area contributed by atoms with Gasteiger partial charge in [-0.3, -0.25) is 4.90 Å². The highest BCUT2D eigenvalue weighted by Crippen LogP contribution is 2.33. The number of ether oxygens (including phenoxy) is 1. The Morgan fingerprint density at radius 3 is 2.65 bits per heavy atom. The molecule has 0 saturated carbocycles. The van der Waals surface area contributed by atoms with Gasteiger partial charge in [0.1, 0.15) is 5.75 Å². The van der Waals surface area contributed by atoms with Gasteiger partial charge in [-0.1, -0.05) is 12.1 Å². The number of rotatable bonds is 4. The molecule has 0 bridgehead atoms. The van der Waals surface area contributed by atoms with Gasteiger partial charge in [-0.2, -0.15) is 0 Å². The molecule has 3 heteroatoms. The van der Waals surface area contributed by atoms with Gasteiger partial charge in [0.2, 0.25) is 0 Å². The highest BCUT2D eigenvalue weighted by Gasteiger charge is 2.35. The van der Waals surface area contributed by atoms with Gasteiger partial charge in [0.15, 0.2) is 0 Å². The van der Waals surface area contributed by atoms with Crippen molar-refractivity contribution in [3.63, 3.8) is 0 Å². The molecule has 2 heterocycles. The molecule has 2 fully saturated rings. The molecule has 3 unspecified atom stereocenters. The number of hydrogen-bond acceptors (Lipinski definition) is 3. The van der Waals surface area contributed by atoms with Crippen molar-refractivity contribution < 1.29 is 4.74 Å². The lowest BCUT2D eigenvalue weighted by Crippen LogP contribution is -2.44. The van der Waals surface area contributed by atoms with Crippen LogP contribution in [0.1, 0.15) is 44.2 Å². The van der Waals surface area contributed by atoms with Gasteiger partial charge >= 0.3 is 0 Å². The lowest BCUT2D eigenvalue weighted by Gasteiger charge is -2.34. The first-order chi connectivity index (χ1) is 9.79. The minimum atomic E-state index is 0.496. The van der Waals surface area contributed by atoms with Crippen LogP contribution < -0.4 is 10.1 Å². The van der Waals surface area contributed by atoms with E-state index >= 15 is 0 Å². The van der Waals surface area contributed by atoms with E-state index in [1.54, 1.807) is 7.11 Å². The summed E-state index contributed by atoms with van der Waals surface area (Å²) in [5, 5.41) is 3.69. The summed E-state index contributed by atoms with van der Waals surface area (Å²) in [5.41, 5.74) is 1.40. The number of nitrogens with one attached hydrogen (secondary N) is 1. The first-order valence-electron chi connectivity index (χ1n) is 7.92. The van der Waals surface area contributed by atoms with E-state index in [1.807, 2.05) is 0 Å². The number of methoxy groups -OCH3 is 1. The third kappa shape index (κ3) is 2.70. The molecule has 0 aromatic heterocycles. The average molecular weight is 274 g/mol.